The monoisotopic (exact) mass is 455 g/mol. The summed E-state index contributed by atoms with van der Waals surface area (Å²) in [6.07, 6.45) is 1.26. The highest BCUT2D eigenvalue weighted by molar-refractivity contribution is 5.81. The number of carbonyl (C=O) groups is 2. The van der Waals surface area contributed by atoms with Crippen molar-refractivity contribution in [3.63, 3.8) is 0 Å². The van der Waals surface area contributed by atoms with E-state index in [1.807, 2.05) is 44.2 Å². The SMILES string of the molecule is COc1ccccc1CCNC(=O)[C@@H]1C[C@H](c2ccc(F)c(C)c2)CN(C(=O)NC(C)C)C1. The van der Waals surface area contributed by atoms with E-state index in [2.05, 4.69) is 10.6 Å². The third kappa shape index (κ3) is 6.46. The predicted octanol–water partition coefficient (Wildman–Crippen LogP) is 4.03. The number of ether oxygens (including phenoxy) is 1. The lowest BCUT2D eigenvalue weighted by Crippen LogP contribution is -2.52. The molecule has 0 spiro atoms. The van der Waals surface area contributed by atoms with Gasteiger partial charge in [0.1, 0.15) is 11.6 Å². The van der Waals surface area contributed by atoms with E-state index < -0.39 is 0 Å². The number of halogens is 1. The minimum atomic E-state index is -0.343. The standard InChI is InChI=1S/C26H34FN3O3/c1-17(2)29-26(32)30-15-21(20-9-10-23(27)18(3)13-20)14-22(16-30)25(31)28-12-11-19-7-5-6-8-24(19)33-4/h5-10,13,17,21-22H,11-12,14-16H2,1-4H3,(H,28,31)(H,29,32)/t21-,22+/m0/s1. The molecule has 0 aliphatic carbocycles. The van der Waals surface area contributed by atoms with Gasteiger partial charge in [0.05, 0.1) is 13.0 Å². The smallest absolute Gasteiger partial charge is 0.317 e. The van der Waals surface area contributed by atoms with Crippen LogP contribution in [-0.2, 0) is 11.2 Å². The lowest BCUT2D eigenvalue weighted by Gasteiger charge is -2.38. The van der Waals surface area contributed by atoms with Crippen molar-refractivity contribution in [2.24, 2.45) is 5.92 Å². The number of aryl methyl sites for hydroxylation is 1. The van der Waals surface area contributed by atoms with Gasteiger partial charge >= 0.3 is 6.03 Å². The second kappa shape index (κ2) is 11.2. The molecule has 1 aliphatic heterocycles. The molecule has 0 saturated carbocycles. The van der Waals surface area contributed by atoms with E-state index in [0.29, 0.717) is 38.0 Å². The summed E-state index contributed by atoms with van der Waals surface area (Å²) < 4.78 is 19.2. The van der Waals surface area contributed by atoms with E-state index in [1.165, 1.54) is 6.07 Å². The first kappa shape index (κ1) is 24.6. The van der Waals surface area contributed by atoms with E-state index in [0.717, 1.165) is 16.9 Å². The van der Waals surface area contributed by atoms with Crippen LogP contribution >= 0.6 is 0 Å². The molecule has 3 rings (SSSR count). The minimum absolute atomic E-state index is 0.000860. The lowest BCUT2D eigenvalue weighted by atomic mass is 9.83. The third-order valence-electron chi connectivity index (χ3n) is 6.06. The van der Waals surface area contributed by atoms with Gasteiger partial charge in [-0.1, -0.05) is 30.3 Å². The van der Waals surface area contributed by atoms with Crippen molar-refractivity contribution in [2.45, 2.75) is 45.6 Å². The molecule has 1 saturated heterocycles. The second-order valence-electron chi connectivity index (χ2n) is 9.00. The Morgan fingerprint density at radius 1 is 1.18 bits per heavy atom. The Bertz CT molecular complexity index is 979. The Kier molecular flexibility index (Phi) is 8.31. The van der Waals surface area contributed by atoms with Crippen LogP contribution in [0.1, 0.15) is 42.9 Å². The van der Waals surface area contributed by atoms with Gasteiger partial charge in [-0.2, -0.15) is 0 Å². The van der Waals surface area contributed by atoms with Crippen LogP contribution in [-0.4, -0.2) is 49.6 Å². The first-order chi connectivity index (χ1) is 15.8. The molecule has 0 aromatic heterocycles. The molecular weight excluding hydrogens is 421 g/mol. The normalized spacial score (nSPS) is 18.2. The van der Waals surface area contributed by atoms with Gasteiger partial charge in [0.2, 0.25) is 5.91 Å². The fourth-order valence-electron chi connectivity index (χ4n) is 4.33. The Labute approximate surface area is 195 Å². The number of urea groups is 1. The van der Waals surface area contributed by atoms with E-state index in [4.69, 9.17) is 4.74 Å². The van der Waals surface area contributed by atoms with Gasteiger partial charge in [-0.15, -0.1) is 0 Å². The zero-order valence-corrected chi connectivity index (χ0v) is 19.9. The maximum Gasteiger partial charge on any atom is 0.317 e. The van der Waals surface area contributed by atoms with Crippen molar-refractivity contribution in [3.05, 3.63) is 65.0 Å². The number of benzene rings is 2. The molecule has 2 N–H and O–H groups in total. The number of rotatable bonds is 7. The minimum Gasteiger partial charge on any atom is -0.496 e. The quantitative estimate of drug-likeness (QED) is 0.662. The zero-order valence-electron chi connectivity index (χ0n) is 19.9. The van der Waals surface area contributed by atoms with Crippen LogP contribution < -0.4 is 15.4 Å². The molecule has 0 bridgehead atoms. The molecule has 6 nitrogen and oxygen atoms in total. The summed E-state index contributed by atoms with van der Waals surface area (Å²) in [4.78, 5) is 27.5. The van der Waals surface area contributed by atoms with Crippen LogP contribution in [0, 0.1) is 18.7 Å². The summed E-state index contributed by atoms with van der Waals surface area (Å²) in [7, 11) is 1.63. The molecule has 0 unspecified atom stereocenters. The molecule has 7 heteroatoms. The summed E-state index contributed by atoms with van der Waals surface area (Å²) in [5, 5.41) is 5.96. The van der Waals surface area contributed by atoms with Crippen molar-refractivity contribution in [2.75, 3.05) is 26.7 Å². The van der Waals surface area contributed by atoms with Crippen LogP contribution in [0.15, 0.2) is 42.5 Å². The van der Waals surface area contributed by atoms with Gasteiger partial charge < -0.3 is 20.3 Å². The number of amides is 3. The number of nitrogens with one attached hydrogen (secondary N) is 2. The fraction of sp³-hybridized carbons (Fsp3) is 0.462. The number of likely N-dealkylation sites (tertiary alicyclic amines) is 1. The van der Waals surface area contributed by atoms with Crippen LogP contribution in [0.5, 0.6) is 5.75 Å². The number of methoxy groups -OCH3 is 1. The number of piperidine rings is 1. The average Bonchev–Trinajstić information content (AvgIpc) is 2.80. The van der Waals surface area contributed by atoms with Crippen molar-refractivity contribution in [3.8, 4) is 5.75 Å². The van der Waals surface area contributed by atoms with E-state index in [9.17, 15) is 14.0 Å². The number of para-hydroxylation sites is 1. The maximum absolute atomic E-state index is 13.8. The average molecular weight is 456 g/mol. The van der Waals surface area contributed by atoms with Crippen LogP contribution in [0.2, 0.25) is 0 Å². The van der Waals surface area contributed by atoms with Crippen molar-refractivity contribution in [1.82, 2.24) is 15.5 Å². The second-order valence-corrected chi connectivity index (χ2v) is 9.00. The van der Waals surface area contributed by atoms with Gasteiger partial charge in [0, 0.05) is 31.6 Å². The molecule has 3 amide bonds. The molecule has 1 fully saturated rings. The largest absolute Gasteiger partial charge is 0.496 e. The Hall–Kier alpha value is -3.09. The van der Waals surface area contributed by atoms with Gasteiger partial charge in [0.25, 0.3) is 0 Å². The molecule has 2 atom stereocenters. The molecule has 2 aromatic carbocycles. The first-order valence-corrected chi connectivity index (χ1v) is 11.5. The molecule has 0 radical (unpaired) electrons. The Morgan fingerprint density at radius 3 is 2.64 bits per heavy atom. The Morgan fingerprint density at radius 2 is 1.94 bits per heavy atom. The van der Waals surface area contributed by atoms with Gasteiger partial charge in [-0.3, -0.25) is 4.79 Å². The molecule has 2 aromatic rings. The van der Waals surface area contributed by atoms with Crippen molar-refractivity contribution >= 4 is 11.9 Å². The van der Waals surface area contributed by atoms with E-state index >= 15 is 0 Å². The highest BCUT2D eigenvalue weighted by Crippen LogP contribution is 2.31. The van der Waals surface area contributed by atoms with Crippen molar-refractivity contribution in [1.29, 1.82) is 0 Å². The fourth-order valence-corrected chi connectivity index (χ4v) is 4.33. The first-order valence-electron chi connectivity index (χ1n) is 11.5. The zero-order chi connectivity index (χ0) is 24.0. The molecular formula is C26H34FN3O3. The Balaban J connectivity index is 1.70. The summed E-state index contributed by atoms with van der Waals surface area (Å²) >= 11 is 0. The number of hydrogen-bond acceptors (Lipinski definition) is 3. The topological polar surface area (TPSA) is 70.7 Å². The number of hydrogen-bond donors (Lipinski definition) is 2. The lowest BCUT2D eigenvalue weighted by molar-refractivity contribution is -0.126. The summed E-state index contributed by atoms with van der Waals surface area (Å²) in [5.74, 6) is 0.0867. The van der Waals surface area contributed by atoms with Gasteiger partial charge in [0.15, 0.2) is 0 Å². The molecule has 178 valence electrons. The molecule has 1 heterocycles. The van der Waals surface area contributed by atoms with Gasteiger partial charge in [-0.05, 0) is 62.4 Å². The number of nitrogens with zero attached hydrogens (tertiary/aromatic N) is 1. The highest BCUT2D eigenvalue weighted by atomic mass is 19.1. The summed E-state index contributed by atoms with van der Waals surface area (Å²) in [6.45, 7) is 6.88. The summed E-state index contributed by atoms with van der Waals surface area (Å²) in [6, 6.07) is 12.6. The molecule has 33 heavy (non-hydrogen) atoms. The van der Waals surface area contributed by atoms with Gasteiger partial charge in [-0.25, -0.2) is 9.18 Å². The highest BCUT2D eigenvalue weighted by Gasteiger charge is 2.34. The summed E-state index contributed by atoms with van der Waals surface area (Å²) in [5.41, 5.74) is 2.54. The molecule has 1 aliphatic rings. The van der Waals surface area contributed by atoms with Crippen LogP contribution in [0.25, 0.3) is 0 Å². The third-order valence-corrected chi connectivity index (χ3v) is 6.06. The number of carbonyl (C=O) groups excluding carboxylic acids is 2. The predicted molar refractivity (Wildman–Crippen MR) is 127 cm³/mol. The maximum atomic E-state index is 13.8. The van der Waals surface area contributed by atoms with E-state index in [1.54, 1.807) is 25.0 Å². The van der Waals surface area contributed by atoms with E-state index in [-0.39, 0.29) is 35.6 Å². The van der Waals surface area contributed by atoms with Crippen molar-refractivity contribution < 1.29 is 18.7 Å². The van der Waals surface area contributed by atoms with Crippen LogP contribution in [0.3, 0.4) is 0 Å². The van der Waals surface area contributed by atoms with Crippen LogP contribution in [0.4, 0.5) is 9.18 Å².